The SMILES string of the molecule is CCn1ncnc1CC1COCCC1Br. The Labute approximate surface area is 98.2 Å². The van der Waals surface area contributed by atoms with E-state index in [1.807, 2.05) is 4.68 Å². The van der Waals surface area contributed by atoms with E-state index in [-0.39, 0.29) is 0 Å². The summed E-state index contributed by atoms with van der Waals surface area (Å²) in [4.78, 5) is 4.84. The molecule has 0 amide bonds. The molecule has 0 aromatic carbocycles. The largest absolute Gasteiger partial charge is 0.381 e. The topological polar surface area (TPSA) is 39.9 Å². The number of ether oxygens (including phenoxy) is 1. The van der Waals surface area contributed by atoms with Crippen molar-refractivity contribution < 1.29 is 4.74 Å². The fourth-order valence-corrected chi connectivity index (χ4v) is 2.43. The summed E-state index contributed by atoms with van der Waals surface area (Å²) in [6.07, 6.45) is 3.67. The molecular weight excluding hydrogens is 258 g/mol. The molecule has 2 rings (SSSR count). The average Bonchev–Trinajstić information content (AvgIpc) is 2.69. The predicted molar refractivity (Wildman–Crippen MR) is 61.0 cm³/mol. The Hall–Kier alpha value is -0.420. The lowest BCUT2D eigenvalue weighted by Crippen LogP contribution is -2.30. The molecule has 0 spiro atoms. The van der Waals surface area contributed by atoms with E-state index in [1.54, 1.807) is 6.33 Å². The molecule has 0 bridgehead atoms. The van der Waals surface area contributed by atoms with Crippen molar-refractivity contribution in [3.05, 3.63) is 12.2 Å². The lowest BCUT2D eigenvalue weighted by Gasteiger charge is -2.27. The first-order chi connectivity index (χ1) is 7.31. The fourth-order valence-electron chi connectivity index (χ4n) is 1.90. The summed E-state index contributed by atoms with van der Waals surface area (Å²) in [6, 6.07) is 0. The first-order valence-corrected chi connectivity index (χ1v) is 6.31. The van der Waals surface area contributed by atoms with Crippen molar-refractivity contribution in [3.63, 3.8) is 0 Å². The van der Waals surface area contributed by atoms with Crippen LogP contribution in [0, 0.1) is 5.92 Å². The number of hydrogen-bond donors (Lipinski definition) is 0. The second kappa shape index (κ2) is 5.07. The Morgan fingerprint density at radius 3 is 3.27 bits per heavy atom. The molecule has 0 saturated carbocycles. The molecule has 0 radical (unpaired) electrons. The van der Waals surface area contributed by atoms with Crippen LogP contribution in [0.25, 0.3) is 0 Å². The first-order valence-electron chi connectivity index (χ1n) is 5.39. The zero-order valence-electron chi connectivity index (χ0n) is 8.90. The van der Waals surface area contributed by atoms with Crippen LogP contribution in [0.3, 0.4) is 0 Å². The summed E-state index contributed by atoms with van der Waals surface area (Å²) in [6.45, 7) is 4.66. The van der Waals surface area contributed by atoms with Gasteiger partial charge in [-0.3, -0.25) is 4.68 Å². The summed E-state index contributed by atoms with van der Waals surface area (Å²) in [5.41, 5.74) is 0. The average molecular weight is 274 g/mol. The molecule has 4 nitrogen and oxygen atoms in total. The zero-order valence-corrected chi connectivity index (χ0v) is 10.5. The summed E-state index contributed by atoms with van der Waals surface area (Å²) < 4.78 is 7.44. The van der Waals surface area contributed by atoms with Gasteiger partial charge in [-0.25, -0.2) is 4.98 Å². The molecular formula is C10H16BrN3O. The van der Waals surface area contributed by atoms with Crippen LogP contribution >= 0.6 is 15.9 Å². The minimum atomic E-state index is 0.522. The summed E-state index contributed by atoms with van der Waals surface area (Å²) in [5, 5.41) is 4.17. The molecule has 1 aliphatic heterocycles. The number of alkyl halides is 1. The van der Waals surface area contributed by atoms with Gasteiger partial charge in [0.15, 0.2) is 0 Å². The Bertz CT molecular complexity index is 315. The predicted octanol–water partition coefficient (Wildman–Crippen LogP) is 1.64. The van der Waals surface area contributed by atoms with Gasteiger partial charge in [0, 0.05) is 30.3 Å². The Balaban J connectivity index is 2.01. The van der Waals surface area contributed by atoms with Crippen molar-refractivity contribution in [3.8, 4) is 0 Å². The van der Waals surface area contributed by atoms with E-state index in [4.69, 9.17) is 4.74 Å². The maximum atomic E-state index is 5.49. The van der Waals surface area contributed by atoms with E-state index in [1.165, 1.54) is 0 Å². The smallest absolute Gasteiger partial charge is 0.138 e. The molecule has 0 aliphatic carbocycles. The van der Waals surface area contributed by atoms with Crippen LogP contribution in [0.1, 0.15) is 19.2 Å². The van der Waals surface area contributed by atoms with E-state index >= 15 is 0 Å². The van der Waals surface area contributed by atoms with Gasteiger partial charge >= 0.3 is 0 Å². The molecule has 1 fully saturated rings. The third-order valence-electron chi connectivity index (χ3n) is 2.82. The van der Waals surface area contributed by atoms with Crippen LogP contribution < -0.4 is 0 Å². The highest BCUT2D eigenvalue weighted by Crippen LogP contribution is 2.24. The minimum Gasteiger partial charge on any atom is -0.381 e. The van der Waals surface area contributed by atoms with Gasteiger partial charge in [-0.1, -0.05) is 15.9 Å². The molecule has 0 N–H and O–H groups in total. The van der Waals surface area contributed by atoms with Crippen LogP contribution in [-0.2, 0) is 17.7 Å². The molecule has 1 aliphatic rings. The second-order valence-electron chi connectivity index (χ2n) is 3.84. The Morgan fingerprint density at radius 2 is 2.53 bits per heavy atom. The van der Waals surface area contributed by atoms with Crippen molar-refractivity contribution in [2.75, 3.05) is 13.2 Å². The van der Waals surface area contributed by atoms with Crippen LogP contribution in [0.2, 0.25) is 0 Å². The van der Waals surface area contributed by atoms with Gasteiger partial charge in [0.1, 0.15) is 12.2 Å². The van der Waals surface area contributed by atoms with Crippen LogP contribution in [0.15, 0.2) is 6.33 Å². The highest BCUT2D eigenvalue weighted by atomic mass is 79.9. The summed E-state index contributed by atoms with van der Waals surface area (Å²) >= 11 is 3.71. The Kier molecular flexibility index (Phi) is 3.75. The minimum absolute atomic E-state index is 0.522. The van der Waals surface area contributed by atoms with Crippen molar-refractivity contribution in [2.24, 2.45) is 5.92 Å². The van der Waals surface area contributed by atoms with Gasteiger partial charge < -0.3 is 4.74 Å². The van der Waals surface area contributed by atoms with E-state index in [2.05, 4.69) is 32.9 Å². The van der Waals surface area contributed by atoms with Crippen LogP contribution in [0.4, 0.5) is 0 Å². The van der Waals surface area contributed by atoms with Gasteiger partial charge in [-0.2, -0.15) is 5.10 Å². The van der Waals surface area contributed by atoms with Gasteiger partial charge in [-0.15, -0.1) is 0 Å². The Morgan fingerprint density at radius 1 is 1.67 bits per heavy atom. The molecule has 2 unspecified atom stereocenters. The molecule has 1 saturated heterocycles. The molecule has 1 aromatic heterocycles. The van der Waals surface area contributed by atoms with Crippen molar-refractivity contribution in [1.29, 1.82) is 0 Å². The molecule has 2 heterocycles. The van der Waals surface area contributed by atoms with Crippen LogP contribution in [-0.4, -0.2) is 32.8 Å². The highest BCUT2D eigenvalue weighted by molar-refractivity contribution is 9.09. The summed E-state index contributed by atoms with van der Waals surface area (Å²) in [7, 11) is 0. The van der Waals surface area contributed by atoms with Crippen molar-refractivity contribution >= 4 is 15.9 Å². The fraction of sp³-hybridized carbons (Fsp3) is 0.800. The van der Waals surface area contributed by atoms with Crippen molar-refractivity contribution in [2.45, 2.75) is 31.1 Å². The van der Waals surface area contributed by atoms with Crippen molar-refractivity contribution in [1.82, 2.24) is 14.8 Å². The van der Waals surface area contributed by atoms with Gasteiger partial charge in [-0.05, 0) is 13.3 Å². The second-order valence-corrected chi connectivity index (χ2v) is 5.01. The molecule has 5 heteroatoms. The number of nitrogens with zero attached hydrogens (tertiary/aromatic N) is 3. The van der Waals surface area contributed by atoms with E-state index in [9.17, 15) is 0 Å². The van der Waals surface area contributed by atoms with Gasteiger partial charge in [0.25, 0.3) is 0 Å². The number of halogens is 1. The molecule has 2 atom stereocenters. The lowest BCUT2D eigenvalue weighted by molar-refractivity contribution is 0.0594. The number of rotatable bonds is 3. The standard InChI is InChI=1S/C10H16BrN3O/c1-2-14-10(12-7-13-14)5-8-6-15-4-3-9(8)11/h7-9H,2-6H2,1H3. The quantitative estimate of drug-likeness (QED) is 0.787. The van der Waals surface area contributed by atoms with E-state index in [0.717, 1.165) is 38.4 Å². The maximum Gasteiger partial charge on any atom is 0.138 e. The van der Waals surface area contributed by atoms with E-state index in [0.29, 0.717) is 10.7 Å². The molecule has 1 aromatic rings. The van der Waals surface area contributed by atoms with E-state index < -0.39 is 0 Å². The monoisotopic (exact) mass is 273 g/mol. The first kappa shape index (κ1) is 11.1. The number of aryl methyl sites for hydroxylation is 1. The third-order valence-corrected chi connectivity index (χ3v) is 4.03. The highest BCUT2D eigenvalue weighted by Gasteiger charge is 2.25. The maximum absolute atomic E-state index is 5.49. The number of aromatic nitrogens is 3. The van der Waals surface area contributed by atoms with Crippen LogP contribution in [0.5, 0.6) is 0 Å². The number of hydrogen-bond acceptors (Lipinski definition) is 3. The normalized spacial score (nSPS) is 26.8. The van der Waals surface area contributed by atoms with Gasteiger partial charge in [0.05, 0.1) is 6.61 Å². The molecule has 84 valence electrons. The molecule has 15 heavy (non-hydrogen) atoms. The van der Waals surface area contributed by atoms with Gasteiger partial charge in [0.2, 0.25) is 0 Å². The zero-order chi connectivity index (χ0) is 10.7. The lowest BCUT2D eigenvalue weighted by atomic mass is 9.98. The summed E-state index contributed by atoms with van der Waals surface area (Å²) in [5.74, 6) is 1.59. The third kappa shape index (κ3) is 2.58.